The van der Waals surface area contributed by atoms with Crippen molar-refractivity contribution in [2.24, 2.45) is 4.99 Å². The van der Waals surface area contributed by atoms with Crippen LogP contribution in [-0.2, 0) is 4.79 Å². The molecule has 0 aliphatic carbocycles. The van der Waals surface area contributed by atoms with Gasteiger partial charge in [0.2, 0.25) is 0 Å². The number of nitrogens with one attached hydrogen (secondary N) is 2. The molecule has 1 atom stereocenters. The van der Waals surface area contributed by atoms with E-state index >= 15 is 0 Å². The van der Waals surface area contributed by atoms with Crippen molar-refractivity contribution in [3.8, 4) is 0 Å². The Bertz CT molecular complexity index is 228. The Labute approximate surface area is 65.1 Å². The fourth-order valence-electron chi connectivity index (χ4n) is 1.65. The molecule has 60 valence electrons. The molecular weight excluding hydrogens is 142 g/mol. The lowest BCUT2D eigenvalue weighted by Crippen LogP contribution is -2.41. The molecule has 2 rings (SSSR count). The maximum Gasteiger partial charge on any atom is 0.254 e. The van der Waals surface area contributed by atoms with Gasteiger partial charge in [0.05, 0.1) is 0 Å². The molecule has 4 nitrogen and oxygen atoms in total. The number of hydrogen-bond donors (Lipinski definition) is 2. The third-order valence-corrected chi connectivity index (χ3v) is 2.23. The number of nitrogens with zero attached hydrogens (tertiary/aromatic N) is 1. The molecule has 4 heteroatoms. The monoisotopic (exact) mass is 153 g/mol. The van der Waals surface area contributed by atoms with Gasteiger partial charge in [0, 0.05) is 6.54 Å². The first-order valence-corrected chi connectivity index (χ1v) is 3.82. The molecular formula is C7H11N3O. The van der Waals surface area contributed by atoms with Gasteiger partial charge in [-0.2, -0.15) is 0 Å². The highest BCUT2D eigenvalue weighted by Gasteiger charge is 2.44. The Balaban J connectivity index is 2.30. The number of amidine groups is 1. The van der Waals surface area contributed by atoms with E-state index < -0.39 is 5.54 Å². The minimum Gasteiger partial charge on any atom is -0.314 e. The molecule has 2 aliphatic rings. The summed E-state index contributed by atoms with van der Waals surface area (Å²) < 4.78 is 0. The molecule has 1 amide bonds. The number of hydrogen-bond acceptors (Lipinski definition) is 3. The van der Waals surface area contributed by atoms with E-state index in [1.54, 1.807) is 0 Å². The number of carbonyl (C=O) groups excluding carboxylic acids is 1. The average Bonchev–Trinajstić information content (AvgIpc) is 2.45. The van der Waals surface area contributed by atoms with Gasteiger partial charge in [-0.05, 0) is 19.9 Å². The molecule has 0 aromatic carbocycles. The van der Waals surface area contributed by atoms with Crippen LogP contribution in [0.4, 0.5) is 0 Å². The van der Waals surface area contributed by atoms with Crippen LogP contribution in [0.25, 0.3) is 0 Å². The zero-order chi connectivity index (χ0) is 7.90. The van der Waals surface area contributed by atoms with E-state index in [1.165, 1.54) is 0 Å². The van der Waals surface area contributed by atoms with Gasteiger partial charge in [-0.3, -0.25) is 9.79 Å². The van der Waals surface area contributed by atoms with Crippen LogP contribution < -0.4 is 10.6 Å². The number of aliphatic imine (C=N–C) groups is 1. The molecule has 2 N–H and O–H groups in total. The molecule has 1 fully saturated rings. The van der Waals surface area contributed by atoms with Crippen LogP contribution in [0.5, 0.6) is 0 Å². The van der Waals surface area contributed by atoms with E-state index in [9.17, 15) is 4.79 Å². The second-order valence-electron chi connectivity index (χ2n) is 3.11. The molecule has 1 spiro atoms. The first-order valence-electron chi connectivity index (χ1n) is 3.82. The Hall–Kier alpha value is -0.900. The molecule has 0 unspecified atom stereocenters. The maximum absolute atomic E-state index is 11.3. The molecule has 0 aromatic heterocycles. The van der Waals surface area contributed by atoms with Crippen molar-refractivity contribution in [3.63, 3.8) is 0 Å². The van der Waals surface area contributed by atoms with E-state index in [0.29, 0.717) is 6.54 Å². The minimum atomic E-state index is -0.454. The SMILES string of the molecule is CC1=N[C@@]2(CCNC2)C(=O)N1. The summed E-state index contributed by atoms with van der Waals surface area (Å²) in [6.07, 6.45) is 0.830. The van der Waals surface area contributed by atoms with Gasteiger partial charge < -0.3 is 10.6 Å². The smallest absolute Gasteiger partial charge is 0.254 e. The first kappa shape index (κ1) is 6.79. The predicted octanol–water partition coefficient (Wildman–Crippen LogP) is -0.733. The minimum absolute atomic E-state index is 0.0556. The summed E-state index contributed by atoms with van der Waals surface area (Å²) in [6.45, 7) is 3.41. The van der Waals surface area contributed by atoms with Gasteiger partial charge >= 0.3 is 0 Å². The molecule has 2 aliphatic heterocycles. The number of amides is 1. The van der Waals surface area contributed by atoms with Gasteiger partial charge in [0.1, 0.15) is 5.84 Å². The van der Waals surface area contributed by atoms with Crippen LogP contribution in [0, 0.1) is 0 Å². The fourth-order valence-corrected chi connectivity index (χ4v) is 1.65. The standard InChI is InChI=1S/C7H11N3O/c1-5-9-6(11)7(10-5)2-3-8-4-7/h8H,2-4H2,1H3,(H,9,10,11)/t7-/m1/s1. The van der Waals surface area contributed by atoms with Gasteiger partial charge in [0.15, 0.2) is 5.54 Å². The summed E-state index contributed by atoms with van der Waals surface area (Å²) in [6, 6.07) is 0. The summed E-state index contributed by atoms with van der Waals surface area (Å²) >= 11 is 0. The van der Waals surface area contributed by atoms with Crippen molar-refractivity contribution in [1.82, 2.24) is 10.6 Å². The van der Waals surface area contributed by atoms with E-state index in [4.69, 9.17) is 0 Å². The number of rotatable bonds is 0. The second-order valence-corrected chi connectivity index (χ2v) is 3.11. The van der Waals surface area contributed by atoms with Crippen molar-refractivity contribution < 1.29 is 4.79 Å². The normalized spacial score (nSPS) is 36.1. The molecule has 0 bridgehead atoms. The lowest BCUT2D eigenvalue weighted by Gasteiger charge is -2.13. The van der Waals surface area contributed by atoms with Crippen LogP contribution >= 0.6 is 0 Å². The topological polar surface area (TPSA) is 53.5 Å². The van der Waals surface area contributed by atoms with E-state index in [0.717, 1.165) is 18.8 Å². The summed E-state index contributed by atoms with van der Waals surface area (Å²) in [5.74, 6) is 0.804. The van der Waals surface area contributed by atoms with E-state index in [1.807, 2.05) is 6.92 Å². The largest absolute Gasteiger partial charge is 0.314 e. The van der Waals surface area contributed by atoms with Crippen molar-refractivity contribution in [2.75, 3.05) is 13.1 Å². The Morgan fingerprint density at radius 1 is 1.64 bits per heavy atom. The van der Waals surface area contributed by atoms with E-state index in [2.05, 4.69) is 15.6 Å². The zero-order valence-corrected chi connectivity index (χ0v) is 6.48. The predicted molar refractivity (Wildman–Crippen MR) is 41.5 cm³/mol. The lowest BCUT2D eigenvalue weighted by atomic mass is 10.00. The van der Waals surface area contributed by atoms with Gasteiger partial charge in [-0.25, -0.2) is 0 Å². The highest BCUT2D eigenvalue weighted by Crippen LogP contribution is 2.23. The molecule has 11 heavy (non-hydrogen) atoms. The maximum atomic E-state index is 11.3. The van der Waals surface area contributed by atoms with Crippen LogP contribution in [0.3, 0.4) is 0 Å². The quantitative estimate of drug-likeness (QED) is 0.482. The van der Waals surface area contributed by atoms with Crippen LogP contribution in [-0.4, -0.2) is 30.4 Å². The van der Waals surface area contributed by atoms with E-state index in [-0.39, 0.29) is 5.91 Å². The Kier molecular flexibility index (Phi) is 1.26. The summed E-state index contributed by atoms with van der Waals surface area (Å²) in [5.41, 5.74) is -0.454. The highest BCUT2D eigenvalue weighted by atomic mass is 16.2. The van der Waals surface area contributed by atoms with Crippen LogP contribution in [0.2, 0.25) is 0 Å². The van der Waals surface area contributed by atoms with Crippen molar-refractivity contribution in [3.05, 3.63) is 0 Å². The third-order valence-electron chi connectivity index (χ3n) is 2.23. The highest BCUT2D eigenvalue weighted by molar-refractivity contribution is 6.07. The summed E-state index contributed by atoms with van der Waals surface area (Å²) in [7, 11) is 0. The first-order chi connectivity index (χ1) is 5.23. The Morgan fingerprint density at radius 2 is 2.45 bits per heavy atom. The van der Waals surface area contributed by atoms with Gasteiger partial charge in [-0.1, -0.05) is 0 Å². The van der Waals surface area contributed by atoms with Crippen molar-refractivity contribution in [2.45, 2.75) is 18.9 Å². The molecule has 0 saturated carbocycles. The molecule has 1 saturated heterocycles. The number of carbonyl (C=O) groups is 1. The lowest BCUT2D eigenvalue weighted by molar-refractivity contribution is -0.123. The van der Waals surface area contributed by atoms with Gasteiger partial charge in [-0.15, -0.1) is 0 Å². The molecule has 0 aromatic rings. The summed E-state index contributed by atoms with van der Waals surface area (Å²) in [4.78, 5) is 15.6. The Morgan fingerprint density at radius 3 is 2.91 bits per heavy atom. The zero-order valence-electron chi connectivity index (χ0n) is 6.48. The van der Waals surface area contributed by atoms with Gasteiger partial charge in [0.25, 0.3) is 5.91 Å². The van der Waals surface area contributed by atoms with Crippen molar-refractivity contribution >= 4 is 11.7 Å². The van der Waals surface area contributed by atoms with Crippen molar-refractivity contribution in [1.29, 1.82) is 0 Å². The fraction of sp³-hybridized carbons (Fsp3) is 0.714. The second kappa shape index (κ2) is 2.04. The average molecular weight is 153 g/mol. The molecule has 0 radical (unpaired) electrons. The summed E-state index contributed by atoms with van der Waals surface area (Å²) in [5, 5.41) is 5.86. The van der Waals surface area contributed by atoms with Crippen LogP contribution in [0.1, 0.15) is 13.3 Å². The third kappa shape index (κ3) is 0.860. The van der Waals surface area contributed by atoms with Crippen LogP contribution in [0.15, 0.2) is 4.99 Å². The molecule has 2 heterocycles.